The number of hydrogen-bond acceptors (Lipinski definition) is 3. The fourth-order valence-electron chi connectivity index (χ4n) is 4.02. The maximum absolute atomic E-state index is 12.4. The normalized spacial score (nSPS) is 27.1. The molecule has 3 fully saturated rings. The summed E-state index contributed by atoms with van der Waals surface area (Å²) in [4.78, 5) is 14.5. The molecule has 4 nitrogen and oxygen atoms in total. The monoisotopic (exact) mass is 280 g/mol. The lowest BCUT2D eigenvalue weighted by atomic mass is 9.80. The highest BCUT2D eigenvalue weighted by molar-refractivity contribution is 5.76. The first-order valence-corrected chi connectivity index (χ1v) is 8.34. The number of piperidine rings is 1. The van der Waals surface area contributed by atoms with Gasteiger partial charge in [0.2, 0.25) is 5.91 Å². The second-order valence-electron chi connectivity index (χ2n) is 6.91. The summed E-state index contributed by atoms with van der Waals surface area (Å²) in [5.74, 6) is 1.16. The zero-order valence-corrected chi connectivity index (χ0v) is 12.5. The fraction of sp³-hybridized carbons (Fsp3) is 0.938. The highest BCUT2D eigenvalue weighted by atomic mass is 16.5. The zero-order chi connectivity index (χ0) is 13.8. The topological polar surface area (TPSA) is 41.6 Å². The molecule has 3 aliphatic heterocycles. The average molecular weight is 280 g/mol. The van der Waals surface area contributed by atoms with Crippen LogP contribution in [-0.2, 0) is 9.53 Å². The van der Waals surface area contributed by atoms with Gasteiger partial charge in [0, 0.05) is 32.7 Å². The molecule has 1 amide bonds. The van der Waals surface area contributed by atoms with Crippen LogP contribution in [0.25, 0.3) is 0 Å². The van der Waals surface area contributed by atoms with E-state index in [4.69, 9.17) is 4.74 Å². The Bertz CT molecular complexity index is 333. The number of hydrogen-bond donors (Lipinski definition) is 1. The molecule has 0 radical (unpaired) electrons. The van der Waals surface area contributed by atoms with Gasteiger partial charge in [-0.15, -0.1) is 0 Å². The second-order valence-corrected chi connectivity index (χ2v) is 6.91. The maximum atomic E-state index is 12.4. The number of ether oxygens (including phenoxy) is 1. The molecule has 4 heteroatoms. The van der Waals surface area contributed by atoms with E-state index in [1.807, 2.05) is 0 Å². The predicted molar refractivity (Wildman–Crippen MR) is 78.5 cm³/mol. The van der Waals surface area contributed by atoms with Crippen molar-refractivity contribution in [3.63, 3.8) is 0 Å². The van der Waals surface area contributed by atoms with Gasteiger partial charge in [-0.2, -0.15) is 0 Å². The van der Waals surface area contributed by atoms with Crippen LogP contribution in [0, 0.1) is 11.3 Å². The van der Waals surface area contributed by atoms with Gasteiger partial charge in [0.1, 0.15) is 0 Å². The van der Waals surface area contributed by atoms with Gasteiger partial charge in [-0.05, 0) is 62.9 Å². The van der Waals surface area contributed by atoms with Crippen molar-refractivity contribution in [1.29, 1.82) is 0 Å². The number of carbonyl (C=O) groups is 1. The van der Waals surface area contributed by atoms with Crippen molar-refractivity contribution < 1.29 is 9.53 Å². The minimum atomic E-state index is 0.392. The van der Waals surface area contributed by atoms with E-state index in [0.29, 0.717) is 11.3 Å². The fourth-order valence-corrected chi connectivity index (χ4v) is 4.02. The molecule has 3 aliphatic rings. The summed E-state index contributed by atoms with van der Waals surface area (Å²) in [6.07, 6.45) is 7.82. The number of nitrogens with one attached hydrogen (secondary N) is 1. The van der Waals surface area contributed by atoms with Crippen LogP contribution < -0.4 is 5.32 Å². The van der Waals surface area contributed by atoms with Crippen molar-refractivity contribution in [2.24, 2.45) is 11.3 Å². The first-order chi connectivity index (χ1) is 9.77. The molecule has 0 aromatic carbocycles. The summed E-state index contributed by atoms with van der Waals surface area (Å²) in [7, 11) is 0. The predicted octanol–water partition coefficient (Wildman–Crippen LogP) is 1.80. The standard InChI is InChI=1S/C16H28N2O2/c19-15(2-1-14-3-8-17-9-4-14)18-10-5-16(13-18)6-11-20-12-7-16/h14,17H,1-13H2. The summed E-state index contributed by atoms with van der Waals surface area (Å²) in [6.45, 7) is 6.00. The summed E-state index contributed by atoms with van der Waals surface area (Å²) in [5, 5.41) is 3.39. The molecular formula is C16H28N2O2. The van der Waals surface area contributed by atoms with Crippen molar-refractivity contribution in [3.05, 3.63) is 0 Å². The molecule has 0 aliphatic carbocycles. The smallest absolute Gasteiger partial charge is 0.222 e. The Labute approximate surface area is 122 Å². The van der Waals surface area contributed by atoms with Gasteiger partial charge in [-0.3, -0.25) is 4.79 Å². The van der Waals surface area contributed by atoms with Crippen molar-refractivity contribution in [3.8, 4) is 0 Å². The summed E-state index contributed by atoms with van der Waals surface area (Å²) in [5.41, 5.74) is 0.392. The van der Waals surface area contributed by atoms with E-state index in [9.17, 15) is 4.79 Å². The van der Waals surface area contributed by atoms with E-state index < -0.39 is 0 Å². The van der Waals surface area contributed by atoms with Crippen LogP contribution in [-0.4, -0.2) is 50.2 Å². The highest BCUT2D eigenvalue weighted by Crippen LogP contribution is 2.39. The van der Waals surface area contributed by atoms with Gasteiger partial charge >= 0.3 is 0 Å². The molecule has 3 saturated heterocycles. The third kappa shape index (κ3) is 3.34. The van der Waals surface area contributed by atoms with Gasteiger partial charge in [0.05, 0.1) is 0 Å². The quantitative estimate of drug-likeness (QED) is 0.857. The van der Waals surface area contributed by atoms with E-state index in [1.54, 1.807) is 0 Å². The molecule has 20 heavy (non-hydrogen) atoms. The van der Waals surface area contributed by atoms with Crippen LogP contribution in [0.5, 0.6) is 0 Å². The van der Waals surface area contributed by atoms with Crippen molar-refractivity contribution >= 4 is 5.91 Å². The van der Waals surface area contributed by atoms with Crippen LogP contribution in [0.3, 0.4) is 0 Å². The van der Waals surface area contributed by atoms with Crippen molar-refractivity contribution in [1.82, 2.24) is 10.2 Å². The van der Waals surface area contributed by atoms with Gasteiger partial charge in [-0.1, -0.05) is 0 Å². The number of nitrogens with zero attached hydrogens (tertiary/aromatic N) is 1. The largest absolute Gasteiger partial charge is 0.381 e. The first-order valence-electron chi connectivity index (χ1n) is 8.34. The average Bonchev–Trinajstić information content (AvgIpc) is 2.90. The third-order valence-electron chi connectivity index (χ3n) is 5.57. The Kier molecular flexibility index (Phi) is 4.61. The molecule has 3 rings (SSSR count). The number of rotatable bonds is 3. The highest BCUT2D eigenvalue weighted by Gasteiger charge is 2.40. The number of amides is 1. The lowest BCUT2D eigenvalue weighted by Crippen LogP contribution is -2.36. The SMILES string of the molecule is O=C(CCC1CCNCC1)N1CCC2(CCOCC2)C1. The van der Waals surface area contributed by atoms with E-state index in [-0.39, 0.29) is 0 Å². The minimum Gasteiger partial charge on any atom is -0.381 e. The summed E-state index contributed by atoms with van der Waals surface area (Å²) in [6, 6.07) is 0. The molecule has 1 spiro atoms. The number of likely N-dealkylation sites (tertiary alicyclic amines) is 1. The molecular weight excluding hydrogens is 252 g/mol. The summed E-state index contributed by atoms with van der Waals surface area (Å²) < 4.78 is 5.47. The van der Waals surface area contributed by atoms with Crippen LogP contribution in [0.2, 0.25) is 0 Å². The lowest BCUT2D eigenvalue weighted by Gasteiger charge is -2.33. The lowest BCUT2D eigenvalue weighted by molar-refractivity contribution is -0.131. The first kappa shape index (κ1) is 14.3. The molecule has 3 heterocycles. The van der Waals surface area contributed by atoms with E-state index in [0.717, 1.165) is 71.0 Å². The zero-order valence-electron chi connectivity index (χ0n) is 12.5. The Morgan fingerprint density at radius 2 is 1.95 bits per heavy atom. The Morgan fingerprint density at radius 1 is 1.20 bits per heavy atom. The van der Waals surface area contributed by atoms with Gasteiger partial charge in [-0.25, -0.2) is 0 Å². The molecule has 0 aromatic heterocycles. The Balaban J connectivity index is 1.43. The van der Waals surface area contributed by atoms with E-state index in [1.165, 1.54) is 19.3 Å². The molecule has 0 saturated carbocycles. The molecule has 1 N–H and O–H groups in total. The Hall–Kier alpha value is -0.610. The molecule has 0 unspecified atom stereocenters. The second kappa shape index (κ2) is 6.44. The molecule has 0 atom stereocenters. The maximum Gasteiger partial charge on any atom is 0.222 e. The van der Waals surface area contributed by atoms with Crippen molar-refractivity contribution in [2.75, 3.05) is 39.4 Å². The summed E-state index contributed by atoms with van der Waals surface area (Å²) >= 11 is 0. The van der Waals surface area contributed by atoms with Gasteiger partial charge in [0.25, 0.3) is 0 Å². The van der Waals surface area contributed by atoms with Crippen LogP contribution in [0.4, 0.5) is 0 Å². The van der Waals surface area contributed by atoms with E-state index >= 15 is 0 Å². The van der Waals surface area contributed by atoms with Gasteiger partial charge < -0.3 is 15.0 Å². The van der Waals surface area contributed by atoms with Crippen molar-refractivity contribution in [2.45, 2.75) is 44.9 Å². The van der Waals surface area contributed by atoms with Crippen LogP contribution in [0.1, 0.15) is 44.9 Å². The Morgan fingerprint density at radius 3 is 2.70 bits per heavy atom. The van der Waals surface area contributed by atoms with Gasteiger partial charge in [0.15, 0.2) is 0 Å². The van der Waals surface area contributed by atoms with Crippen LogP contribution in [0.15, 0.2) is 0 Å². The third-order valence-corrected chi connectivity index (χ3v) is 5.57. The van der Waals surface area contributed by atoms with Crippen LogP contribution >= 0.6 is 0 Å². The number of carbonyl (C=O) groups excluding carboxylic acids is 1. The minimum absolute atomic E-state index is 0.392. The molecule has 114 valence electrons. The molecule has 0 aromatic rings. The van der Waals surface area contributed by atoms with E-state index in [2.05, 4.69) is 10.2 Å². The molecule has 0 bridgehead atoms.